The maximum absolute atomic E-state index is 13.5. The number of aromatic nitrogens is 3. The molecule has 0 fully saturated rings. The summed E-state index contributed by atoms with van der Waals surface area (Å²) in [6.07, 6.45) is 2.25. The van der Waals surface area contributed by atoms with Crippen LogP contribution in [0, 0.1) is 6.92 Å². The number of aryl methyl sites for hydroxylation is 1. The SMILES string of the molecule is COc1cc(OC)c(C(F)(F)F)cc1NC(=O)Nc1cc(Cn2ccnc2-c2ccncc2)ccc1C. The molecule has 2 aromatic heterocycles. The van der Waals surface area contributed by atoms with Crippen LogP contribution in [0.5, 0.6) is 11.5 Å². The van der Waals surface area contributed by atoms with Crippen molar-refractivity contribution in [1.82, 2.24) is 14.5 Å². The van der Waals surface area contributed by atoms with Crippen molar-refractivity contribution in [1.29, 1.82) is 0 Å². The highest BCUT2D eigenvalue weighted by molar-refractivity contribution is 6.01. The summed E-state index contributed by atoms with van der Waals surface area (Å²) >= 11 is 0. The highest BCUT2D eigenvalue weighted by Gasteiger charge is 2.35. The minimum absolute atomic E-state index is 0.0224. The van der Waals surface area contributed by atoms with Crippen LogP contribution >= 0.6 is 0 Å². The summed E-state index contributed by atoms with van der Waals surface area (Å²) in [5.74, 6) is 0.376. The van der Waals surface area contributed by atoms with Gasteiger partial charge in [0.15, 0.2) is 0 Å². The van der Waals surface area contributed by atoms with Crippen LogP contribution in [-0.2, 0) is 12.7 Å². The molecule has 0 saturated heterocycles. The second-order valence-electron chi connectivity index (χ2n) is 8.09. The number of pyridine rings is 1. The van der Waals surface area contributed by atoms with Gasteiger partial charge >= 0.3 is 12.2 Å². The van der Waals surface area contributed by atoms with Gasteiger partial charge in [-0.1, -0.05) is 12.1 Å². The largest absolute Gasteiger partial charge is 0.496 e. The Morgan fingerprint density at radius 1 is 0.946 bits per heavy atom. The van der Waals surface area contributed by atoms with Gasteiger partial charge in [0.1, 0.15) is 17.3 Å². The quantitative estimate of drug-likeness (QED) is 0.319. The van der Waals surface area contributed by atoms with E-state index >= 15 is 0 Å². The van der Waals surface area contributed by atoms with Gasteiger partial charge in [-0.25, -0.2) is 9.78 Å². The number of hydrogen-bond acceptors (Lipinski definition) is 5. The molecule has 0 spiro atoms. The molecule has 0 bridgehead atoms. The van der Waals surface area contributed by atoms with Crippen LogP contribution in [0.25, 0.3) is 11.4 Å². The molecule has 192 valence electrons. The number of amides is 2. The predicted octanol–water partition coefficient (Wildman–Crippen LogP) is 5.98. The number of nitrogens with zero attached hydrogens (tertiary/aromatic N) is 3. The van der Waals surface area contributed by atoms with E-state index in [1.807, 2.05) is 42.0 Å². The number of halogens is 3. The molecule has 4 aromatic rings. The van der Waals surface area contributed by atoms with E-state index in [4.69, 9.17) is 9.47 Å². The van der Waals surface area contributed by atoms with Crippen molar-refractivity contribution < 1.29 is 27.4 Å². The first-order valence-corrected chi connectivity index (χ1v) is 11.1. The average molecular weight is 512 g/mol. The molecule has 0 aliphatic heterocycles. The van der Waals surface area contributed by atoms with E-state index in [0.29, 0.717) is 12.2 Å². The normalized spacial score (nSPS) is 11.2. The van der Waals surface area contributed by atoms with Gasteiger partial charge in [0.05, 0.1) is 25.5 Å². The number of ether oxygens (including phenoxy) is 2. The van der Waals surface area contributed by atoms with Gasteiger partial charge in [0.25, 0.3) is 0 Å². The number of benzene rings is 2. The summed E-state index contributed by atoms with van der Waals surface area (Å²) in [5, 5.41) is 5.16. The number of carbonyl (C=O) groups excluding carboxylic acids is 1. The van der Waals surface area contributed by atoms with Gasteiger partial charge in [0.2, 0.25) is 0 Å². The molecule has 8 nitrogen and oxygen atoms in total. The third-order valence-electron chi connectivity index (χ3n) is 5.63. The summed E-state index contributed by atoms with van der Waals surface area (Å²) < 4.78 is 52.4. The fourth-order valence-electron chi connectivity index (χ4n) is 3.79. The van der Waals surface area contributed by atoms with E-state index in [0.717, 1.165) is 41.8 Å². The molecule has 37 heavy (non-hydrogen) atoms. The van der Waals surface area contributed by atoms with Crippen LogP contribution in [0.15, 0.2) is 67.3 Å². The van der Waals surface area contributed by atoms with E-state index in [-0.39, 0.29) is 11.4 Å². The molecule has 2 aromatic carbocycles. The standard InChI is InChI=1S/C26H24F3N5O3/c1-16-4-5-17(15-34-11-10-31-24(34)18-6-8-30-9-7-18)12-20(16)32-25(35)33-21-13-19(26(27,28)29)22(36-2)14-23(21)37-3/h4-14H,15H2,1-3H3,(H2,32,33,35). The van der Waals surface area contributed by atoms with Crippen molar-refractivity contribution in [3.05, 3.63) is 83.9 Å². The number of methoxy groups -OCH3 is 2. The lowest BCUT2D eigenvalue weighted by molar-refractivity contribution is -0.138. The molecule has 0 saturated carbocycles. The summed E-state index contributed by atoms with van der Waals surface area (Å²) in [6, 6.07) is 10.4. The molecule has 11 heteroatoms. The second-order valence-corrected chi connectivity index (χ2v) is 8.09. The Kier molecular flexibility index (Phi) is 7.32. The Hall–Kier alpha value is -4.54. The number of rotatable bonds is 7. The van der Waals surface area contributed by atoms with Crippen LogP contribution in [0.3, 0.4) is 0 Å². The number of hydrogen-bond donors (Lipinski definition) is 2. The predicted molar refractivity (Wildman–Crippen MR) is 133 cm³/mol. The number of nitrogens with one attached hydrogen (secondary N) is 2. The summed E-state index contributed by atoms with van der Waals surface area (Å²) in [7, 11) is 2.42. The third-order valence-corrected chi connectivity index (χ3v) is 5.63. The van der Waals surface area contributed by atoms with Crippen molar-refractivity contribution in [2.45, 2.75) is 19.6 Å². The zero-order valence-corrected chi connectivity index (χ0v) is 20.3. The van der Waals surface area contributed by atoms with E-state index in [1.54, 1.807) is 24.7 Å². The third kappa shape index (κ3) is 5.83. The van der Waals surface area contributed by atoms with Crippen molar-refractivity contribution in [2.75, 3.05) is 24.9 Å². The molecule has 4 rings (SSSR count). The lowest BCUT2D eigenvalue weighted by Crippen LogP contribution is -2.21. The van der Waals surface area contributed by atoms with Crippen LogP contribution in [0.4, 0.5) is 29.3 Å². The second kappa shape index (κ2) is 10.6. The van der Waals surface area contributed by atoms with Gasteiger partial charge in [-0.2, -0.15) is 13.2 Å². The number of urea groups is 1. The molecular weight excluding hydrogens is 487 g/mol. The smallest absolute Gasteiger partial charge is 0.420 e. The lowest BCUT2D eigenvalue weighted by Gasteiger charge is -2.18. The van der Waals surface area contributed by atoms with E-state index in [2.05, 4.69) is 20.6 Å². The first kappa shape index (κ1) is 25.5. The number of imidazole rings is 1. The van der Waals surface area contributed by atoms with Gasteiger partial charge in [0, 0.05) is 48.6 Å². The van der Waals surface area contributed by atoms with E-state index in [9.17, 15) is 18.0 Å². The molecule has 0 aliphatic rings. The zero-order chi connectivity index (χ0) is 26.6. The minimum Gasteiger partial charge on any atom is -0.496 e. The van der Waals surface area contributed by atoms with E-state index < -0.39 is 23.5 Å². The first-order chi connectivity index (χ1) is 17.7. The maximum atomic E-state index is 13.5. The molecule has 2 N–H and O–H groups in total. The number of alkyl halides is 3. The molecule has 0 aliphatic carbocycles. The van der Waals surface area contributed by atoms with Crippen molar-refractivity contribution in [2.24, 2.45) is 0 Å². The summed E-state index contributed by atoms with van der Waals surface area (Å²) in [5.41, 5.74) is 1.89. The molecule has 0 unspecified atom stereocenters. The van der Waals surface area contributed by atoms with Crippen LogP contribution in [0.1, 0.15) is 16.7 Å². The monoisotopic (exact) mass is 511 g/mol. The van der Waals surface area contributed by atoms with Crippen molar-refractivity contribution in [3.8, 4) is 22.9 Å². The van der Waals surface area contributed by atoms with Gasteiger partial charge in [-0.15, -0.1) is 0 Å². The Balaban J connectivity index is 1.54. The van der Waals surface area contributed by atoms with Gasteiger partial charge < -0.3 is 24.7 Å². The lowest BCUT2D eigenvalue weighted by atomic mass is 10.1. The minimum atomic E-state index is -4.68. The first-order valence-electron chi connectivity index (χ1n) is 11.1. The fraction of sp³-hybridized carbons (Fsp3) is 0.192. The maximum Gasteiger partial charge on any atom is 0.420 e. The Bertz CT molecular complexity index is 1400. The molecule has 2 heterocycles. The average Bonchev–Trinajstić information content (AvgIpc) is 3.33. The van der Waals surface area contributed by atoms with Gasteiger partial charge in [-0.3, -0.25) is 4.98 Å². The number of carbonyl (C=O) groups is 1. The highest BCUT2D eigenvalue weighted by atomic mass is 19.4. The van der Waals surface area contributed by atoms with E-state index in [1.165, 1.54) is 7.11 Å². The molecule has 0 atom stereocenters. The molecule has 0 radical (unpaired) electrons. The Morgan fingerprint density at radius 2 is 1.65 bits per heavy atom. The highest BCUT2D eigenvalue weighted by Crippen LogP contribution is 2.42. The number of anilines is 2. The van der Waals surface area contributed by atoms with Crippen LogP contribution in [0.2, 0.25) is 0 Å². The topological polar surface area (TPSA) is 90.3 Å². The van der Waals surface area contributed by atoms with Crippen LogP contribution in [-0.4, -0.2) is 34.8 Å². The zero-order valence-electron chi connectivity index (χ0n) is 20.3. The molecular formula is C26H24F3N5O3. The Morgan fingerprint density at radius 3 is 2.32 bits per heavy atom. The van der Waals surface area contributed by atoms with Crippen molar-refractivity contribution >= 4 is 17.4 Å². The fourth-order valence-corrected chi connectivity index (χ4v) is 3.79. The van der Waals surface area contributed by atoms with Crippen LogP contribution < -0.4 is 20.1 Å². The summed E-state index contributed by atoms with van der Waals surface area (Å²) in [6.45, 7) is 2.30. The van der Waals surface area contributed by atoms with Crippen molar-refractivity contribution in [3.63, 3.8) is 0 Å². The van der Waals surface area contributed by atoms with Gasteiger partial charge in [-0.05, 0) is 42.3 Å². The summed E-state index contributed by atoms with van der Waals surface area (Å²) in [4.78, 5) is 21.2. The molecule has 2 amide bonds. The Labute approximate surface area is 211 Å².